The van der Waals surface area contributed by atoms with Crippen LogP contribution in [0.15, 0.2) is 0 Å². The van der Waals surface area contributed by atoms with Crippen LogP contribution in [0.4, 0.5) is 0 Å². The zero-order chi connectivity index (χ0) is 12.1. The molecule has 17 heavy (non-hydrogen) atoms. The molecule has 2 rings (SSSR count). The first-order valence-corrected chi connectivity index (χ1v) is 7.70. The number of rotatable bonds is 3. The van der Waals surface area contributed by atoms with Gasteiger partial charge in [0.2, 0.25) is 0 Å². The smallest absolute Gasteiger partial charge is 0.0110 e. The van der Waals surface area contributed by atoms with Gasteiger partial charge < -0.3 is 10.2 Å². The molecule has 2 aliphatic rings. The summed E-state index contributed by atoms with van der Waals surface area (Å²) in [5.41, 5.74) is 0. The van der Waals surface area contributed by atoms with E-state index in [-0.39, 0.29) is 0 Å². The molecule has 2 saturated carbocycles. The molecule has 2 atom stereocenters. The first kappa shape index (κ1) is 13.4. The van der Waals surface area contributed by atoms with Crippen LogP contribution < -0.4 is 5.32 Å². The summed E-state index contributed by atoms with van der Waals surface area (Å²) in [6.45, 7) is 0. The van der Waals surface area contributed by atoms with Crippen LogP contribution in [0.3, 0.4) is 0 Å². The molecule has 0 heterocycles. The Morgan fingerprint density at radius 1 is 0.824 bits per heavy atom. The number of hydrogen-bond donors (Lipinski definition) is 1. The van der Waals surface area contributed by atoms with E-state index in [1.54, 1.807) is 0 Å². The SMILES string of the molecule is CNC1CCCC(N(C)C2CCCCCC2)C1. The maximum Gasteiger partial charge on any atom is 0.0110 e. The van der Waals surface area contributed by atoms with E-state index in [2.05, 4.69) is 24.3 Å². The lowest BCUT2D eigenvalue weighted by molar-refractivity contribution is 0.114. The summed E-state index contributed by atoms with van der Waals surface area (Å²) < 4.78 is 0. The predicted octanol–water partition coefficient (Wildman–Crippen LogP) is 3.17. The van der Waals surface area contributed by atoms with Crippen LogP contribution >= 0.6 is 0 Å². The average Bonchev–Trinajstić information content (AvgIpc) is 2.67. The van der Waals surface area contributed by atoms with Gasteiger partial charge in [0.25, 0.3) is 0 Å². The Hall–Kier alpha value is -0.0800. The highest BCUT2D eigenvalue weighted by Crippen LogP contribution is 2.28. The van der Waals surface area contributed by atoms with Gasteiger partial charge in [0.1, 0.15) is 0 Å². The summed E-state index contributed by atoms with van der Waals surface area (Å²) in [7, 11) is 4.51. The molecule has 2 unspecified atom stereocenters. The van der Waals surface area contributed by atoms with Gasteiger partial charge in [-0.1, -0.05) is 32.1 Å². The van der Waals surface area contributed by atoms with Gasteiger partial charge in [0, 0.05) is 18.1 Å². The molecule has 0 aliphatic heterocycles. The molecule has 0 bridgehead atoms. The Labute approximate surface area is 107 Å². The molecule has 2 nitrogen and oxygen atoms in total. The largest absolute Gasteiger partial charge is 0.317 e. The Bertz CT molecular complexity index is 209. The van der Waals surface area contributed by atoms with Gasteiger partial charge in [0.05, 0.1) is 0 Å². The highest BCUT2D eigenvalue weighted by atomic mass is 15.2. The molecule has 0 aromatic rings. The summed E-state index contributed by atoms with van der Waals surface area (Å²) in [5, 5.41) is 3.48. The van der Waals surface area contributed by atoms with Crippen molar-refractivity contribution in [1.29, 1.82) is 0 Å². The lowest BCUT2D eigenvalue weighted by Gasteiger charge is -2.39. The van der Waals surface area contributed by atoms with Gasteiger partial charge in [-0.25, -0.2) is 0 Å². The summed E-state index contributed by atoms with van der Waals surface area (Å²) in [5.74, 6) is 0. The highest BCUT2D eigenvalue weighted by molar-refractivity contribution is 4.85. The molecule has 0 radical (unpaired) electrons. The summed E-state index contributed by atoms with van der Waals surface area (Å²) in [6, 6.07) is 2.48. The van der Waals surface area contributed by atoms with E-state index in [4.69, 9.17) is 0 Å². The first-order valence-electron chi connectivity index (χ1n) is 7.70. The lowest BCUT2D eigenvalue weighted by Crippen LogP contribution is -2.46. The van der Waals surface area contributed by atoms with E-state index >= 15 is 0 Å². The lowest BCUT2D eigenvalue weighted by atomic mass is 9.89. The monoisotopic (exact) mass is 238 g/mol. The number of nitrogens with zero attached hydrogens (tertiary/aromatic N) is 1. The van der Waals surface area contributed by atoms with Gasteiger partial charge in [-0.2, -0.15) is 0 Å². The van der Waals surface area contributed by atoms with Crippen LogP contribution in [-0.2, 0) is 0 Å². The summed E-state index contributed by atoms with van der Waals surface area (Å²) in [6.07, 6.45) is 14.3. The van der Waals surface area contributed by atoms with E-state index < -0.39 is 0 Å². The van der Waals surface area contributed by atoms with Gasteiger partial charge in [0.15, 0.2) is 0 Å². The Kier molecular flexibility index (Phi) is 5.30. The van der Waals surface area contributed by atoms with Crippen LogP contribution in [0.1, 0.15) is 64.2 Å². The van der Waals surface area contributed by atoms with Crippen LogP contribution in [0, 0.1) is 0 Å². The van der Waals surface area contributed by atoms with Crippen LogP contribution in [0.2, 0.25) is 0 Å². The van der Waals surface area contributed by atoms with Crippen molar-refractivity contribution in [3.63, 3.8) is 0 Å². The van der Waals surface area contributed by atoms with Crippen molar-refractivity contribution in [1.82, 2.24) is 10.2 Å². The molecule has 0 amide bonds. The maximum absolute atomic E-state index is 3.48. The third-order valence-corrected chi connectivity index (χ3v) is 5.03. The first-order chi connectivity index (χ1) is 8.31. The molecular weight excluding hydrogens is 208 g/mol. The summed E-state index contributed by atoms with van der Waals surface area (Å²) >= 11 is 0. The van der Waals surface area contributed by atoms with E-state index in [1.165, 1.54) is 64.2 Å². The van der Waals surface area contributed by atoms with Crippen LogP contribution in [-0.4, -0.2) is 37.1 Å². The van der Waals surface area contributed by atoms with Crippen molar-refractivity contribution in [2.24, 2.45) is 0 Å². The quantitative estimate of drug-likeness (QED) is 0.760. The second-order valence-corrected chi connectivity index (χ2v) is 6.12. The van der Waals surface area contributed by atoms with Crippen molar-refractivity contribution in [2.75, 3.05) is 14.1 Å². The Morgan fingerprint density at radius 2 is 1.47 bits per heavy atom. The molecule has 2 aliphatic carbocycles. The average molecular weight is 238 g/mol. The Morgan fingerprint density at radius 3 is 2.12 bits per heavy atom. The molecule has 0 spiro atoms. The fourth-order valence-corrected chi connectivity index (χ4v) is 3.76. The third-order valence-electron chi connectivity index (χ3n) is 5.03. The number of hydrogen-bond acceptors (Lipinski definition) is 2. The fraction of sp³-hybridized carbons (Fsp3) is 1.00. The molecule has 0 aromatic heterocycles. The van der Waals surface area contributed by atoms with Crippen molar-refractivity contribution in [3.05, 3.63) is 0 Å². The van der Waals surface area contributed by atoms with E-state index in [1.807, 2.05) is 0 Å². The van der Waals surface area contributed by atoms with Crippen LogP contribution in [0.5, 0.6) is 0 Å². The van der Waals surface area contributed by atoms with Crippen LogP contribution in [0.25, 0.3) is 0 Å². The molecule has 1 N–H and O–H groups in total. The second-order valence-electron chi connectivity index (χ2n) is 6.12. The fourth-order valence-electron chi connectivity index (χ4n) is 3.76. The van der Waals surface area contributed by atoms with Crippen molar-refractivity contribution >= 4 is 0 Å². The third kappa shape index (κ3) is 3.69. The van der Waals surface area contributed by atoms with Gasteiger partial charge >= 0.3 is 0 Å². The minimum atomic E-state index is 0.766. The standard InChI is InChI=1S/C15H30N2/c1-16-13-8-7-11-15(12-13)17(2)14-9-5-3-4-6-10-14/h13-16H,3-12H2,1-2H3. The van der Waals surface area contributed by atoms with Gasteiger partial charge in [-0.05, 0) is 46.2 Å². The maximum atomic E-state index is 3.48. The summed E-state index contributed by atoms with van der Waals surface area (Å²) in [4.78, 5) is 2.73. The zero-order valence-corrected chi connectivity index (χ0v) is 11.8. The van der Waals surface area contributed by atoms with Gasteiger partial charge in [-0.15, -0.1) is 0 Å². The van der Waals surface area contributed by atoms with E-state index in [9.17, 15) is 0 Å². The zero-order valence-electron chi connectivity index (χ0n) is 11.8. The topological polar surface area (TPSA) is 15.3 Å². The second kappa shape index (κ2) is 6.75. The Balaban J connectivity index is 1.86. The van der Waals surface area contributed by atoms with E-state index in [0.29, 0.717) is 0 Å². The van der Waals surface area contributed by atoms with Gasteiger partial charge in [-0.3, -0.25) is 0 Å². The van der Waals surface area contributed by atoms with E-state index in [0.717, 1.165) is 18.1 Å². The van der Waals surface area contributed by atoms with Crippen molar-refractivity contribution in [2.45, 2.75) is 82.3 Å². The molecular formula is C15H30N2. The van der Waals surface area contributed by atoms with Crippen molar-refractivity contribution in [3.8, 4) is 0 Å². The number of nitrogens with one attached hydrogen (secondary N) is 1. The molecule has 2 fully saturated rings. The van der Waals surface area contributed by atoms with Crippen molar-refractivity contribution < 1.29 is 0 Å². The molecule has 0 aromatic carbocycles. The normalized spacial score (nSPS) is 32.6. The predicted molar refractivity (Wildman–Crippen MR) is 74.4 cm³/mol. The highest BCUT2D eigenvalue weighted by Gasteiger charge is 2.28. The molecule has 100 valence electrons. The molecule has 2 heteroatoms. The minimum absolute atomic E-state index is 0.766. The minimum Gasteiger partial charge on any atom is -0.317 e. The molecule has 0 saturated heterocycles.